The zero-order valence-corrected chi connectivity index (χ0v) is 22.1. The number of carbonyl (C=O) groups excluding carboxylic acids is 1. The standard InChI is InChI=1S/C26H28ClIN2O3/c1-5-32-24-12-19(14-29-23-9-6-16(2)10-18(23)4)11-22(28)26(24)33-15-25(31)30-20-8-7-17(3)21(27)13-20/h6-13,29H,5,14-15H2,1-4H3,(H,30,31). The van der Waals surface area contributed by atoms with Crippen LogP contribution in [0.1, 0.15) is 29.2 Å². The molecule has 0 aliphatic carbocycles. The molecule has 2 N–H and O–H groups in total. The Hall–Kier alpha value is -2.45. The van der Waals surface area contributed by atoms with Gasteiger partial charge in [0, 0.05) is 22.9 Å². The van der Waals surface area contributed by atoms with Crippen molar-refractivity contribution >= 4 is 51.5 Å². The van der Waals surface area contributed by atoms with Crippen molar-refractivity contribution in [2.75, 3.05) is 23.8 Å². The molecule has 0 radical (unpaired) electrons. The van der Waals surface area contributed by atoms with Gasteiger partial charge < -0.3 is 20.1 Å². The third-order valence-electron chi connectivity index (χ3n) is 5.04. The number of amides is 1. The van der Waals surface area contributed by atoms with Gasteiger partial charge in [-0.25, -0.2) is 0 Å². The highest BCUT2D eigenvalue weighted by atomic mass is 127. The van der Waals surface area contributed by atoms with Gasteiger partial charge in [-0.2, -0.15) is 0 Å². The quantitative estimate of drug-likeness (QED) is 0.271. The van der Waals surface area contributed by atoms with Crippen molar-refractivity contribution in [3.05, 3.63) is 79.4 Å². The van der Waals surface area contributed by atoms with Crippen LogP contribution in [0.25, 0.3) is 0 Å². The lowest BCUT2D eigenvalue weighted by atomic mass is 10.1. The summed E-state index contributed by atoms with van der Waals surface area (Å²) in [6, 6.07) is 15.7. The van der Waals surface area contributed by atoms with E-state index in [-0.39, 0.29) is 12.5 Å². The first-order valence-corrected chi connectivity index (χ1v) is 12.2. The Morgan fingerprint density at radius 1 is 1.00 bits per heavy atom. The highest BCUT2D eigenvalue weighted by Crippen LogP contribution is 2.34. The molecule has 0 bridgehead atoms. The maximum Gasteiger partial charge on any atom is 0.262 e. The van der Waals surface area contributed by atoms with E-state index in [0.717, 1.165) is 20.4 Å². The van der Waals surface area contributed by atoms with E-state index in [9.17, 15) is 4.79 Å². The first-order chi connectivity index (χ1) is 15.8. The van der Waals surface area contributed by atoms with Crippen LogP contribution < -0.4 is 20.1 Å². The van der Waals surface area contributed by atoms with Gasteiger partial charge in [0.2, 0.25) is 0 Å². The number of carbonyl (C=O) groups is 1. The monoisotopic (exact) mass is 578 g/mol. The van der Waals surface area contributed by atoms with E-state index in [4.69, 9.17) is 21.1 Å². The van der Waals surface area contributed by atoms with E-state index in [1.807, 2.05) is 38.1 Å². The van der Waals surface area contributed by atoms with Crippen LogP contribution in [0.3, 0.4) is 0 Å². The molecular formula is C26H28ClIN2O3. The molecule has 0 fully saturated rings. The van der Waals surface area contributed by atoms with Gasteiger partial charge in [0.1, 0.15) is 0 Å². The molecule has 3 aromatic carbocycles. The molecule has 0 aliphatic heterocycles. The van der Waals surface area contributed by atoms with Gasteiger partial charge in [-0.3, -0.25) is 4.79 Å². The smallest absolute Gasteiger partial charge is 0.262 e. The fourth-order valence-corrected chi connectivity index (χ4v) is 4.34. The third-order valence-corrected chi connectivity index (χ3v) is 6.25. The van der Waals surface area contributed by atoms with Crippen molar-refractivity contribution in [1.82, 2.24) is 0 Å². The van der Waals surface area contributed by atoms with E-state index in [1.165, 1.54) is 11.1 Å². The molecule has 3 rings (SSSR count). The fraction of sp³-hybridized carbons (Fsp3) is 0.269. The number of aryl methyl sites for hydroxylation is 3. The van der Waals surface area contributed by atoms with Crippen LogP contribution in [0.15, 0.2) is 48.5 Å². The molecule has 1 amide bonds. The van der Waals surface area contributed by atoms with Crippen LogP contribution in [-0.4, -0.2) is 19.1 Å². The summed E-state index contributed by atoms with van der Waals surface area (Å²) in [5, 5.41) is 6.90. The first-order valence-electron chi connectivity index (χ1n) is 10.7. The van der Waals surface area contributed by atoms with Crippen LogP contribution in [0, 0.1) is 24.3 Å². The number of nitrogens with one attached hydrogen (secondary N) is 2. The number of anilines is 2. The summed E-state index contributed by atoms with van der Waals surface area (Å²) >= 11 is 8.35. The van der Waals surface area contributed by atoms with Crippen LogP contribution in [-0.2, 0) is 11.3 Å². The van der Waals surface area contributed by atoms with Crippen molar-refractivity contribution in [3.8, 4) is 11.5 Å². The minimum Gasteiger partial charge on any atom is -0.490 e. The van der Waals surface area contributed by atoms with Crippen molar-refractivity contribution < 1.29 is 14.3 Å². The number of rotatable bonds is 9. The highest BCUT2D eigenvalue weighted by molar-refractivity contribution is 14.1. The zero-order chi connectivity index (χ0) is 24.0. The predicted molar refractivity (Wildman–Crippen MR) is 144 cm³/mol. The molecule has 0 unspecified atom stereocenters. The summed E-state index contributed by atoms with van der Waals surface area (Å²) in [4.78, 5) is 12.4. The summed E-state index contributed by atoms with van der Waals surface area (Å²) in [6.07, 6.45) is 0. The molecule has 3 aromatic rings. The number of halogens is 2. The second-order valence-corrected chi connectivity index (χ2v) is 9.38. The van der Waals surface area contributed by atoms with Gasteiger partial charge in [-0.1, -0.05) is 35.4 Å². The topological polar surface area (TPSA) is 59.6 Å². The van der Waals surface area contributed by atoms with Gasteiger partial charge in [0.15, 0.2) is 18.1 Å². The second-order valence-electron chi connectivity index (χ2n) is 7.81. The number of hydrogen-bond donors (Lipinski definition) is 2. The Bertz CT molecular complexity index is 1150. The third kappa shape index (κ3) is 7.01. The Kier molecular flexibility index (Phi) is 8.86. The highest BCUT2D eigenvalue weighted by Gasteiger charge is 2.15. The summed E-state index contributed by atoms with van der Waals surface area (Å²) in [5.74, 6) is 0.909. The average Bonchev–Trinajstić information content (AvgIpc) is 2.75. The van der Waals surface area contributed by atoms with Crippen LogP contribution >= 0.6 is 34.2 Å². The van der Waals surface area contributed by atoms with E-state index >= 15 is 0 Å². The van der Waals surface area contributed by atoms with Crippen LogP contribution in [0.5, 0.6) is 11.5 Å². The molecule has 33 heavy (non-hydrogen) atoms. The molecule has 0 saturated heterocycles. The number of hydrogen-bond acceptors (Lipinski definition) is 4. The minimum absolute atomic E-state index is 0.137. The Balaban J connectivity index is 1.68. The lowest BCUT2D eigenvalue weighted by molar-refractivity contribution is -0.118. The van der Waals surface area contributed by atoms with E-state index in [1.54, 1.807) is 6.07 Å². The van der Waals surface area contributed by atoms with E-state index in [0.29, 0.717) is 35.4 Å². The molecule has 0 heterocycles. The maximum atomic E-state index is 12.4. The number of benzene rings is 3. The molecule has 174 valence electrons. The van der Waals surface area contributed by atoms with Gasteiger partial charge >= 0.3 is 0 Å². The van der Waals surface area contributed by atoms with E-state index < -0.39 is 0 Å². The summed E-state index contributed by atoms with van der Waals surface area (Å²) in [6.45, 7) is 9.02. The van der Waals surface area contributed by atoms with Crippen LogP contribution in [0.4, 0.5) is 11.4 Å². The van der Waals surface area contributed by atoms with E-state index in [2.05, 4.69) is 65.3 Å². The summed E-state index contributed by atoms with van der Waals surface area (Å²) < 4.78 is 12.6. The Labute approximate surface area is 214 Å². The lowest BCUT2D eigenvalue weighted by Gasteiger charge is -2.16. The van der Waals surface area contributed by atoms with Crippen LogP contribution in [0.2, 0.25) is 5.02 Å². The first kappa shape index (κ1) is 25.2. The number of ether oxygens (including phenoxy) is 2. The largest absolute Gasteiger partial charge is 0.490 e. The minimum atomic E-state index is -0.270. The molecule has 0 aliphatic rings. The SMILES string of the molecule is CCOc1cc(CNc2ccc(C)cc2C)cc(I)c1OCC(=O)Nc1ccc(C)c(Cl)c1. The molecule has 5 nitrogen and oxygen atoms in total. The Morgan fingerprint density at radius 2 is 1.79 bits per heavy atom. The summed E-state index contributed by atoms with van der Waals surface area (Å²) in [7, 11) is 0. The average molecular weight is 579 g/mol. The van der Waals surface area contributed by atoms with Gasteiger partial charge in [-0.15, -0.1) is 0 Å². The normalized spacial score (nSPS) is 10.6. The van der Waals surface area contributed by atoms with Gasteiger partial charge in [0.05, 0.1) is 10.2 Å². The lowest BCUT2D eigenvalue weighted by Crippen LogP contribution is -2.20. The molecule has 0 atom stereocenters. The Morgan fingerprint density at radius 3 is 2.48 bits per heavy atom. The fourth-order valence-electron chi connectivity index (χ4n) is 3.34. The predicted octanol–water partition coefficient (Wildman–Crippen LogP) is 6.90. The molecule has 7 heteroatoms. The van der Waals surface area contributed by atoms with Crippen molar-refractivity contribution in [1.29, 1.82) is 0 Å². The molecule has 0 aromatic heterocycles. The molecular weight excluding hydrogens is 551 g/mol. The van der Waals surface area contributed by atoms with Crippen molar-refractivity contribution in [2.24, 2.45) is 0 Å². The van der Waals surface area contributed by atoms with Crippen molar-refractivity contribution in [2.45, 2.75) is 34.2 Å². The maximum absolute atomic E-state index is 12.4. The van der Waals surface area contributed by atoms with Gasteiger partial charge in [-0.05, 0) is 97.3 Å². The van der Waals surface area contributed by atoms with Gasteiger partial charge in [0.25, 0.3) is 5.91 Å². The second kappa shape index (κ2) is 11.6. The van der Waals surface area contributed by atoms with Crippen molar-refractivity contribution in [3.63, 3.8) is 0 Å². The zero-order valence-electron chi connectivity index (χ0n) is 19.2. The summed E-state index contributed by atoms with van der Waals surface area (Å²) in [5.41, 5.74) is 6.19. The molecule has 0 saturated carbocycles. The molecule has 0 spiro atoms.